The van der Waals surface area contributed by atoms with E-state index < -0.39 is 11.9 Å². The summed E-state index contributed by atoms with van der Waals surface area (Å²) >= 11 is 0. The molecule has 0 fully saturated rings. The van der Waals surface area contributed by atoms with Crippen LogP contribution in [0.15, 0.2) is 54.6 Å². The van der Waals surface area contributed by atoms with E-state index in [9.17, 15) is 9.59 Å². The molecule has 0 aliphatic carbocycles. The average molecular weight is 284 g/mol. The van der Waals surface area contributed by atoms with Gasteiger partial charge in [-0.3, -0.25) is 0 Å². The second-order valence-corrected chi connectivity index (χ2v) is 4.76. The molecule has 2 rings (SSSR count). The number of carbonyl (C=O) groups excluding carboxylic acids is 1. The Morgan fingerprint density at radius 1 is 1.00 bits per heavy atom. The third-order valence-electron chi connectivity index (χ3n) is 3.05. The van der Waals surface area contributed by atoms with Crippen molar-refractivity contribution in [3.8, 4) is 0 Å². The van der Waals surface area contributed by atoms with Gasteiger partial charge in [0.05, 0.1) is 11.1 Å². The Morgan fingerprint density at radius 3 is 2.19 bits per heavy atom. The molecule has 4 heteroatoms. The maximum absolute atomic E-state index is 12.1. The van der Waals surface area contributed by atoms with Crippen molar-refractivity contribution in [3.05, 3.63) is 71.3 Å². The van der Waals surface area contributed by atoms with E-state index in [1.165, 1.54) is 12.1 Å². The highest BCUT2D eigenvalue weighted by atomic mass is 16.5. The van der Waals surface area contributed by atoms with E-state index in [1.54, 1.807) is 19.1 Å². The lowest BCUT2D eigenvalue weighted by Gasteiger charge is -2.14. The van der Waals surface area contributed by atoms with Gasteiger partial charge in [-0.25, -0.2) is 9.59 Å². The normalized spacial score (nSPS) is 11.7. The monoisotopic (exact) mass is 284 g/mol. The largest absolute Gasteiger partial charge is 0.478 e. The highest BCUT2D eigenvalue weighted by molar-refractivity contribution is 6.02. The minimum Gasteiger partial charge on any atom is -0.478 e. The number of aromatic carboxylic acids is 1. The Kier molecular flexibility index (Phi) is 4.72. The molecular formula is C17H16O4. The number of carbonyl (C=O) groups is 2. The number of ether oxygens (including phenoxy) is 1. The van der Waals surface area contributed by atoms with Gasteiger partial charge in [0, 0.05) is 6.42 Å². The number of rotatable bonds is 5. The molecule has 1 N–H and O–H groups in total. The van der Waals surface area contributed by atoms with Crippen LogP contribution in [0.2, 0.25) is 0 Å². The van der Waals surface area contributed by atoms with E-state index in [1.807, 2.05) is 30.3 Å². The summed E-state index contributed by atoms with van der Waals surface area (Å²) in [6.45, 7) is 1.79. The van der Waals surface area contributed by atoms with E-state index in [-0.39, 0.29) is 17.2 Å². The van der Waals surface area contributed by atoms with Crippen molar-refractivity contribution in [2.24, 2.45) is 0 Å². The summed E-state index contributed by atoms with van der Waals surface area (Å²) in [5.41, 5.74) is 1.09. The van der Waals surface area contributed by atoms with Gasteiger partial charge in [-0.05, 0) is 24.6 Å². The predicted molar refractivity (Wildman–Crippen MR) is 78.4 cm³/mol. The highest BCUT2D eigenvalue weighted by Crippen LogP contribution is 2.13. The minimum atomic E-state index is -1.14. The van der Waals surface area contributed by atoms with Crippen molar-refractivity contribution in [2.45, 2.75) is 19.4 Å². The van der Waals surface area contributed by atoms with Gasteiger partial charge in [-0.1, -0.05) is 42.5 Å². The summed E-state index contributed by atoms with van der Waals surface area (Å²) in [5, 5.41) is 9.08. The lowest BCUT2D eigenvalue weighted by atomic mass is 10.1. The summed E-state index contributed by atoms with van der Waals surface area (Å²) in [4.78, 5) is 23.2. The highest BCUT2D eigenvalue weighted by Gasteiger charge is 2.19. The number of benzene rings is 2. The Labute approximate surface area is 123 Å². The van der Waals surface area contributed by atoms with E-state index >= 15 is 0 Å². The van der Waals surface area contributed by atoms with Crippen molar-refractivity contribution in [3.63, 3.8) is 0 Å². The van der Waals surface area contributed by atoms with Crippen molar-refractivity contribution in [1.82, 2.24) is 0 Å². The molecule has 2 aromatic carbocycles. The van der Waals surface area contributed by atoms with Crippen LogP contribution < -0.4 is 0 Å². The lowest BCUT2D eigenvalue weighted by molar-refractivity contribution is 0.0336. The summed E-state index contributed by atoms with van der Waals surface area (Å²) < 4.78 is 5.33. The first-order valence-electron chi connectivity index (χ1n) is 6.65. The first-order valence-corrected chi connectivity index (χ1v) is 6.65. The zero-order chi connectivity index (χ0) is 15.2. The Bertz CT molecular complexity index is 634. The van der Waals surface area contributed by atoms with Gasteiger partial charge in [0.15, 0.2) is 0 Å². The molecule has 0 saturated carbocycles. The Hall–Kier alpha value is -2.62. The van der Waals surface area contributed by atoms with Crippen LogP contribution in [0, 0.1) is 0 Å². The number of carboxylic acids is 1. The molecule has 2 aromatic rings. The number of carboxylic acid groups (broad SMARTS) is 1. The van der Waals surface area contributed by atoms with Crippen LogP contribution in [0.5, 0.6) is 0 Å². The zero-order valence-electron chi connectivity index (χ0n) is 11.7. The van der Waals surface area contributed by atoms with E-state index in [0.29, 0.717) is 6.42 Å². The van der Waals surface area contributed by atoms with Crippen molar-refractivity contribution in [2.75, 3.05) is 0 Å². The topological polar surface area (TPSA) is 63.6 Å². The molecule has 1 atom stereocenters. The first kappa shape index (κ1) is 14.8. The average Bonchev–Trinajstić information content (AvgIpc) is 2.48. The number of hydrogen-bond donors (Lipinski definition) is 1. The molecule has 0 bridgehead atoms. The van der Waals surface area contributed by atoms with Gasteiger partial charge in [0.2, 0.25) is 0 Å². The van der Waals surface area contributed by atoms with Crippen molar-refractivity contribution >= 4 is 11.9 Å². The van der Waals surface area contributed by atoms with Crippen molar-refractivity contribution < 1.29 is 19.4 Å². The number of hydrogen-bond acceptors (Lipinski definition) is 3. The fourth-order valence-corrected chi connectivity index (χ4v) is 2.08. The third kappa shape index (κ3) is 3.92. The molecule has 21 heavy (non-hydrogen) atoms. The molecular weight excluding hydrogens is 268 g/mol. The second-order valence-electron chi connectivity index (χ2n) is 4.76. The molecule has 0 unspecified atom stereocenters. The smallest absolute Gasteiger partial charge is 0.339 e. The summed E-state index contributed by atoms with van der Waals surface area (Å²) in [6, 6.07) is 15.7. The van der Waals surface area contributed by atoms with Crippen LogP contribution in [0.1, 0.15) is 33.2 Å². The molecule has 0 spiro atoms. The third-order valence-corrected chi connectivity index (χ3v) is 3.05. The van der Waals surface area contributed by atoms with Gasteiger partial charge in [0.25, 0.3) is 0 Å². The summed E-state index contributed by atoms with van der Waals surface area (Å²) in [6.07, 6.45) is 0.253. The quantitative estimate of drug-likeness (QED) is 0.856. The first-order chi connectivity index (χ1) is 10.1. The van der Waals surface area contributed by atoms with Crippen molar-refractivity contribution in [1.29, 1.82) is 0 Å². The molecule has 0 aliphatic heterocycles. The van der Waals surface area contributed by atoms with Crippen LogP contribution in [0.25, 0.3) is 0 Å². The lowest BCUT2D eigenvalue weighted by Crippen LogP contribution is -2.19. The molecule has 0 heterocycles. The molecule has 0 amide bonds. The van der Waals surface area contributed by atoms with E-state index in [2.05, 4.69) is 0 Å². The molecule has 0 aliphatic rings. The predicted octanol–water partition coefficient (Wildman–Crippen LogP) is 3.17. The Morgan fingerprint density at radius 2 is 1.57 bits per heavy atom. The minimum absolute atomic E-state index is 0.0468. The standard InChI is InChI=1S/C17H16O4/c1-12(11-13-7-3-2-4-8-13)21-17(20)15-10-6-5-9-14(15)16(18)19/h2-10,12H,11H2,1H3,(H,18,19)/t12-/m1/s1. The SMILES string of the molecule is C[C@H](Cc1ccccc1)OC(=O)c1ccccc1C(=O)O. The summed E-state index contributed by atoms with van der Waals surface area (Å²) in [7, 11) is 0. The van der Waals surface area contributed by atoms with Crippen LogP contribution in [-0.2, 0) is 11.2 Å². The van der Waals surface area contributed by atoms with Gasteiger partial charge in [-0.2, -0.15) is 0 Å². The van der Waals surface area contributed by atoms with Gasteiger partial charge < -0.3 is 9.84 Å². The molecule has 0 radical (unpaired) electrons. The molecule has 0 aromatic heterocycles. The van der Waals surface area contributed by atoms with Crippen LogP contribution in [0.3, 0.4) is 0 Å². The van der Waals surface area contributed by atoms with Gasteiger partial charge >= 0.3 is 11.9 Å². The van der Waals surface area contributed by atoms with Crippen LogP contribution in [0.4, 0.5) is 0 Å². The molecule has 4 nitrogen and oxygen atoms in total. The summed E-state index contributed by atoms with van der Waals surface area (Å²) in [5.74, 6) is -1.75. The maximum Gasteiger partial charge on any atom is 0.339 e. The van der Waals surface area contributed by atoms with Gasteiger partial charge in [0.1, 0.15) is 6.10 Å². The van der Waals surface area contributed by atoms with Gasteiger partial charge in [-0.15, -0.1) is 0 Å². The second kappa shape index (κ2) is 6.70. The van der Waals surface area contributed by atoms with E-state index in [0.717, 1.165) is 5.56 Å². The van der Waals surface area contributed by atoms with Crippen LogP contribution >= 0.6 is 0 Å². The zero-order valence-corrected chi connectivity index (χ0v) is 11.7. The van der Waals surface area contributed by atoms with Crippen LogP contribution in [-0.4, -0.2) is 23.1 Å². The molecule has 108 valence electrons. The number of esters is 1. The fourth-order valence-electron chi connectivity index (χ4n) is 2.08. The molecule has 0 saturated heterocycles. The Balaban J connectivity index is 2.06. The maximum atomic E-state index is 12.1. The van der Waals surface area contributed by atoms with E-state index in [4.69, 9.17) is 9.84 Å². The fraction of sp³-hybridized carbons (Fsp3) is 0.176.